The zero-order valence-electron chi connectivity index (χ0n) is 20.2. The normalized spacial score (nSPS) is 12.6. The van der Waals surface area contributed by atoms with Crippen LogP contribution in [-0.4, -0.2) is 45.3 Å². The number of ether oxygens (including phenoxy) is 1. The molecule has 2 unspecified atom stereocenters. The number of benzene rings is 2. The van der Waals surface area contributed by atoms with E-state index < -0.39 is 35.6 Å². The quantitative estimate of drug-likeness (QED) is 0.254. The summed E-state index contributed by atoms with van der Waals surface area (Å²) in [5.41, 5.74) is 0.710. The molecule has 2 rings (SSSR count). The van der Waals surface area contributed by atoms with Gasteiger partial charge in [0.25, 0.3) is 5.91 Å². The molecule has 0 aliphatic rings. The van der Waals surface area contributed by atoms with Crippen molar-refractivity contribution < 1.29 is 24.2 Å². The summed E-state index contributed by atoms with van der Waals surface area (Å²) in [5, 5.41) is 15.9. The number of nitrogens with one attached hydrogen (secondary N) is 2. The maximum Gasteiger partial charge on any atom is 0.408 e. The molecule has 35 heavy (non-hydrogen) atoms. The molecular weight excluding hydrogens is 466 g/mol. The number of hydrogen-bond donors (Lipinski definition) is 4. The van der Waals surface area contributed by atoms with Crippen LogP contribution in [0, 0.1) is 19.4 Å². The molecule has 0 aliphatic carbocycles. The third kappa shape index (κ3) is 7.69. The summed E-state index contributed by atoms with van der Waals surface area (Å²) in [6, 6.07) is 13.7. The predicted molar refractivity (Wildman–Crippen MR) is 137 cm³/mol. The molecule has 0 aliphatic heterocycles. The van der Waals surface area contributed by atoms with E-state index in [4.69, 9.17) is 11.2 Å². The summed E-state index contributed by atoms with van der Waals surface area (Å²) >= 11 is 4.17. The fraction of sp³-hybridized carbons (Fsp3) is 0.346. The van der Waals surface area contributed by atoms with Gasteiger partial charge in [-0.1, -0.05) is 55.0 Å². The van der Waals surface area contributed by atoms with Gasteiger partial charge in [0.1, 0.15) is 17.4 Å². The van der Waals surface area contributed by atoms with Crippen LogP contribution in [0.25, 0.3) is 0 Å². The molecule has 2 aromatic carbocycles. The number of thiol groups is 1. The largest absolute Gasteiger partial charge is 0.507 e. The molecule has 2 atom stereocenters. The van der Waals surface area contributed by atoms with Crippen LogP contribution in [0.3, 0.4) is 0 Å². The van der Waals surface area contributed by atoms with Crippen molar-refractivity contribution >= 4 is 30.5 Å². The van der Waals surface area contributed by atoms with E-state index in [-0.39, 0.29) is 23.6 Å². The molecule has 0 saturated carbocycles. The number of aromatic hydroxyl groups is 1. The van der Waals surface area contributed by atoms with E-state index in [0.717, 1.165) is 10.5 Å². The van der Waals surface area contributed by atoms with Gasteiger partial charge in [0, 0.05) is 23.9 Å². The Morgan fingerprint density at radius 3 is 2.37 bits per heavy atom. The number of carbonyl (C=O) groups is 3. The van der Waals surface area contributed by atoms with Gasteiger partial charge < -0.3 is 20.5 Å². The Balaban J connectivity index is 2.39. The first-order valence-electron chi connectivity index (χ1n) is 11.0. The highest BCUT2D eigenvalue weighted by molar-refractivity contribution is 7.80. The van der Waals surface area contributed by atoms with E-state index in [1.165, 1.54) is 6.07 Å². The summed E-state index contributed by atoms with van der Waals surface area (Å²) < 4.78 is 5.22. The first kappa shape index (κ1) is 27.6. The first-order chi connectivity index (χ1) is 16.5. The lowest BCUT2D eigenvalue weighted by molar-refractivity contribution is -0.138. The molecule has 8 nitrogen and oxygen atoms in total. The van der Waals surface area contributed by atoms with E-state index in [9.17, 15) is 19.5 Å². The molecule has 0 aromatic heterocycles. The van der Waals surface area contributed by atoms with Crippen molar-refractivity contribution in [3.63, 3.8) is 0 Å². The third-order valence-electron chi connectivity index (χ3n) is 4.93. The Labute approximate surface area is 211 Å². The minimum absolute atomic E-state index is 0.103. The number of para-hydroxylation sites is 1. The lowest BCUT2D eigenvalue weighted by Gasteiger charge is -2.30. The van der Waals surface area contributed by atoms with Gasteiger partial charge in [-0.15, -0.1) is 0 Å². The molecule has 0 bridgehead atoms. The standard InChI is InChI=1S/C26H31N3O5S/c1-6-29(24(32)20(16-35)28-25(33)34-26(3,4)5)21(19-14-10-11-17(2)22(19)30)23(31)27-15-18-12-8-7-9-13-18/h1,7-14,20-21,30,35H,15-16H2,2-5H3,(H,27,31)(H,28,33). The highest BCUT2D eigenvalue weighted by atomic mass is 32.1. The number of nitrogens with zero attached hydrogens (tertiary/aromatic N) is 1. The highest BCUT2D eigenvalue weighted by Crippen LogP contribution is 2.32. The van der Waals surface area contributed by atoms with E-state index in [1.54, 1.807) is 39.8 Å². The Morgan fingerprint density at radius 2 is 1.80 bits per heavy atom. The number of alkyl carbamates (subject to hydrolysis) is 1. The van der Waals surface area contributed by atoms with Crippen LogP contribution < -0.4 is 10.6 Å². The molecule has 0 fully saturated rings. The van der Waals surface area contributed by atoms with E-state index >= 15 is 0 Å². The maximum absolute atomic E-state index is 13.4. The number of amides is 3. The predicted octanol–water partition coefficient (Wildman–Crippen LogP) is 3.30. The van der Waals surface area contributed by atoms with Gasteiger partial charge in [-0.3, -0.25) is 14.5 Å². The molecule has 186 valence electrons. The van der Waals surface area contributed by atoms with Crippen molar-refractivity contribution in [3.05, 3.63) is 65.2 Å². The van der Waals surface area contributed by atoms with Crippen molar-refractivity contribution in [2.45, 2.75) is 51.9 Å². The van der Waals surface area contributed by atoms with Crippen molar-refractivity contribution in [2.24, 2.45) is 0 Å². The molecule has 3 amide bonds. The summed E-state index contributed by atoms with van der Waals surface area (Å²) in [6.07, 6.45) is 4.87. The number of aryl methyl sites for hydroxylation is 1. The Morgan fingerprint density at radius 1 is 1.14 bits per heavy atom. The van der Waals surface area contributed by atoms with E-state index in [0.29, 0.717) is 5.56 Å². The number of carbonyl (C=O) groups excluding carboxylic acids is 3. The van der Waals surface area contributed by atoms with E-state index in [2.05, 4.69) is 29.3 Å². The van der Waals surface area contributed by atoms with Crippen molar-refractivity contribution in [2.75, 3.05) is 5.75 Å². The number of terminal acetylenes is 1. The molecular formula is C26H31N3O5S. The molecule has 2 aromatic rings. The second-order valence-electron chi connectivity index (χ2n) is 8.84. The molecule has 0 heterocycles. The Kier molecular flexibility index (Phi) is 9.60. The minimum atomic E-state index is -1.36. The van der Waals surface area contributed by atoms with Crippen molar-refractivity contribution in [1.82, 2.24) is 15.5 Å². The molecule has 9 heteroatoms. The second kappa shape index (κ2) is 12.2. The zero-order valence-corrected chi connectivity index (χ0v) is 21.1. The highest BCUT2D eigenvalue weighted by Gasteiger charge is 2.36. The van der Waals surface area contributed by atoms with Crippen LogP contribution in [-0.2, 0) is 20.9 Å². The number of phenolic OH excluding ortho intramolecular Hbond substituents is 1. The first-order valence-corrected chi connectivity index (χ1v) is 11.6. The van der Waals surface area contributed by atoms with Crippen LogP contribution in [0.5, 0.6) is 5.75 Å². The van der Waals surface area contributed by atoms with Gasteiger partial charge >= 0.3 is 6.09 Å². The average Bonchev–Trinajstić information content (AvgIpc) is 2.80. The van der Waals surface area contributed by atoms with Gasteiger partial charge in [0.2, 0.25) is 5.91 Å². The van der Waals surface area contributed by atoms with Crippen LogP contribution in [0.4, 0.5) is 4.79 Å². The molecule has 0 saturated heterocycles. The SMILES string of the molecule is C#CN(C(=O)C(CS)NC(=O)OC(C)(C)C)C(C(=O)NCc1ccccc1)c1cccc(C)c1O. The third-order valence-corrected chi connectivity index (χ3v) is 5.29. The summed E-state index contributed by atoms with van der Waals surface area (Å²) in [7, 11) is 0. The molecule has 3 N–H and O–H groups in total. The maximum atomic E-state index is 13.4. The number of hydrogen-bond acceptors (Lipinski definition) is 6. The lowest BCUT2D eigenvalue weighted by atomic mass is 9.99. The average molecular weight is 498 g/mol. The number of rotatable bonds is 8. The topological polar surface area (TPSA) is 108 Å². The molecule has 0 radical (unpaired) electrons. The van der Waals surface area contributed by atoms with Gasteiger partial charge in [-0.05, 0) is 38.8 Å². The van der Waals surface area contributed by atoms with Crippen LogP contribution >= 0.6 is 12.6 Å². The fourth-order valence-corrected chi connectivity index (χ4v) is 3.50. The zero-order chi connectivity index (χ0) is 26.2. The summed E-state index contributed by atoms with van der Waals surface area (Å²) in [5.74, 6) is -1.62. The van der Waals surface area contributed by atoms with Crippen molar-refractivity contribution in [1.29, 1.82) is 0 Å². The van der Waals surface area contributed by atoms with Crippen LogP contribution in [0.1, 0.15) is 43.5 Å². The summed E-state index contributed by atoms with van der Waals surface area (Å²) in [6.45, 7) is 6.91. The summed E-state index contributed by atoms with van der Waals surface area (Å²) in [4.78, 5) is 39.9. The molecule has 0 spiro atoms. The monoisotopic (exact) mass is 497 g/mol. The van der Waals surface area contributed by atoms with Gasteiger partial charge in [-0.2, -0.15) is 12.6 Å². The fourth-order valence-electron chi connectivity index (χ4n) is 3.25. The second-order valence-corrected chi connectivity index (χ2v) is 9.20. The van der Waals surface area contributed by atoms with Gasteiger partial charge in [0.15, 0.2) is 6.04 Å². The van der Waals surface area contributed by atoms with Gasteiger partial charge in [-0.25, -0.2) is 4.79 Å². The smallest absolute Gasteiger partial charge is 0.408 e. The Hall–Kier alpha value is -3.64. The van der Waals surface area contributed by atoms with Crippen molar-refractivity contribution in [3.8, 4) is 18.2 Å². The number of phenols is 1. The minimum Gasteiger partial charge on any atom is -0.507 e. The van der Waals surface area contributed by atoms with Crippen LogP contribution in [0.15, 0.2) is 48.5 Å². The lowest BCUT2D eigenvalue weighted by Crippen LogP contribution is -2.52. The Bertz CT molecular complexity index is 1090. The van der Waals surface area contributed by atoms with E-state index in [1.807, 2.05) is 30.3 Å². The van der Waals surface area contributed by atoms with Gasteiger partial charge in [0.05, 0.1) is 0 Å². The van der Waals surface area contributed by atoms with Crippen LogP contribution in [0.2, 0.25) is 0 Å².